The summed E-state index contributed by atoms with van der Waals surface area (Å²) < 4.78 is 0. The first-order valence-electron chi connectivity index (χ1n) is 7.41. The van der Waals surface area contributed by atoms with E-state index in [2.05, 4.69) is 29.6 Å². The molecule has 0 radical (unpaired) electrons. The Kier molecular flexibility index (Phi) is 4.54. The van der Waals surface area contributed by atoms with Gasteiger partial charge in [0.15, 0.2) is 0 Å². The van der Waals surface area contributed by atoms with E-state index in [4.69, 9.17) is 23.2 Å². The van der Waals surface area contributed by atoms with Gasteiger partial charge in [-0.2, -0.15) is 0 Å². The van der Waals surface area contributed by atoms with Crippen LogP contribution in [0.15, 0.2) is 42.5 Å². The Morgan fingerprint density at radius 3 is 2.38 bits per heavy atom. The zero-order chi connectivity index (χ0) is 14.8. The average Bonchev–Trinajstić information content (AvgIpc) is 2.42. The number of hydrogen-bond acceptors (Lipinski definition) is 1. The molecule has 0 amide bonds. The van der Waals surface area contributed by atoms with E-state index < -0.39 is 0 Å². The molecule has 0 aromatic heterocycles. The Hall–Kier alpha value is -1.02. The third-order valence-corrected chi connectivity index (χ3v) is 5.13. The maximum atomic E-state index is 6.16. The highest BCUT2D eigenvalue weighted by Crippen LogP contribution is 2.37. The van der Waals surface area contributed by atoms with Gasteiger partial charge in [0.05, 0.1) is 16.1 Å². The first-order valence-corrected chi connectivity index (χ1v) is 8.16. The third-order valence-electron chi connectivity index (χ3n) is 4.39. The monoisotopic (exact) mass is 319 g/mol. The fraction of sp³-hybridized carbons (Fsp3) is 0.333. The van der Waals surface area contributed by atoms with E-state index in [1.54, 1.807) is 0 Å². The second-order valence-electron chi connectivity index (χ2n) is 5.69. The van der Waals surface area contributed by atoms with Crippen LogP contribution in [0.4, 0.5) is 0 Å². The molecule has 1 fully saturated rings. The van der Waals surface area contributed by atoms with Crippen LogP contribution in [0, 0.1) is 0 Å². The highest BCUT2D eigenvalue weighted by molar-refractivity contribution is 6.42. The van der Waals surface area contributed by atoms with Gasteiger partial charge in [0, 0.05) is 0 Å². The second kappa shape index (κ2) is 6.39. The van der Waals surface area contributed by atoms with E-state index in [-0.39, 0.29) is 6.04 Å². The van der Waals surface area contributed by atoms with Crippen molar-refractivity contribution >= 4 is 23.2 Å². The highest BCUT2D eigenvalue weighted by Gasteiger charge is 2.21. The summed E-state index contributed by atoms with van der Waals surface area (Å²) in [4.78, 5) is 0. The molecule has 2 aromatic carbocycles. The van der Waals surface area contributed by atoms with Crippen molar-refractivity contribution in [1.29, 1.82) is 0 Å². The van der Waals surface area contributed by atoms with Crippen LogP contribution >= 0.6 is 23.2 Å². The lowest BCUT2D eigenvalue weighted by Crippen LogP contribution is -2.18. The minimum Gasteiger partial charge on any atom is -0.309 e. The van der Waals surface area contributed by atoms with Crippen LogP contribution < -0.4 is 5.32 Å². The first-order chi connectivity index (χ1) is 10.2. The molecule has 1 nitrogen and oxygen atoms in total. The summed E-state index contributed by atoms with van der Waals surface area (Å²) in [6.45, 7) is 0. The van der Waals surface area contributed by atoms with Crippen molar-refractivity contribution in [1.82, 2.24) is 5.32 Å². The molecule has 1 saturated carbocycles. The lowest BCUT2D eigenvalue weighted by Gasteiger charge is -2.27. The van der Waals surface area contributed by atoms with Crippen LogP contribution in [0.1, 0.15) is 47.9 Å². The molecule has 1 aliphatic rings. The molecule has 2 aromatic rings. The minimum absolute atomic E-state index is 0.139. The Morgan fingerprint density at radius 1 is 1.00 bits per heavy atom. The summed E-state index contributed by atoms with van der Waals surface area (Å²) in [7, 11) is 1.98. The molecule has 0 saturated heterocycles. The summed E-state index contributed by atoms with van der Waals surface area (Å²) >= 11 is 12.2. The zero-order valence-corrected chi connectivity index (χ0v) is 13.6. The van der Waals surface area contributed by atoms with Crippen molar-refractivity contribution in [3.05, 3.63) is 69.2 Å². The topological polar surface area (TPSA) is 12.0 Å². The van der Waals surface area contributed by atoms with E-state index >= 15 is 0 Å². The normalized spacial score (nSPS) is 16.5. The molecule has 3 heteroatoms. The Morgan fingerprint density at radius 2 is 1.76 bits per heavy atom. The number of rotatable bonds is 4. The van der Waals surface area contributed by atoms with Gasteiger partial charge >= 0.3 is 0 Å². The smallest absolute Gasteiger partial charge is 0.0595 e. The largest absolute Gasteiger partial charge is 0.309 e. The van der Waals surface area contributed by atoms with Gasteiger partial charge < -0.3 is 5.32 Å². The van der Waals surface area contributed by atoms with Crippen molar-refractivity contribution in [2.75, 3.05) is 7.05 Å². The van der Waals surface area contributed by atoms with Gasteiger partial charge in [0.2, 0.25) is 0 Å². The minimum atomic E-state index is 0.139. The van der Waals surface area contributed by atoms with Crippen molar-refractivity contribution in [2.45, 2.75) is 31.2 Å². The average molecular weight is 320 g/mol. The van der Waals surface area contributed by atoms with Crippen LogP contribution in [-0.2, 0) is 0 Å². The molecule has 110 valence electrons. The summed E-state index contributed by atoms with van der Waals surface area (Å²) in [5, 5.41) is 4.58. The molecule has 1 aliphatic carbocycles. The molecule has 0 heterocycles. The molecular weight excluding hydrogens is 301 g/mol. The quantitative estimate of drug-likeness (QED) is 0.776. The van der Waals surface area contributed by atoms with Crippen LogP contribution in [0.2, 0.25) is 10.0 Å². The van der Waals surface area contributed by atoms with Crippen molar-refractivity contribution < 1.29 is 0 Å². The lowest BCUT2D eigenvalue weighted by atomic mass is 9.79. The standard InChI is InChI=1S/C18H19Cl2N/c1-21-18(15-8-9-16(19)17(20)11-15)14-7-3-6-13(10-14)12-4-2-5-12/h3,6-12,18,21H,2,4-5H2,1H3. The Bertz CT molecular complexity index is 635. The van der Waals surface area contributed by atoms with Crippen LogP contribution in [0.5, 0.6) is 0 Å². The lowest BCUT2D eigenvalue weighted by molar-refractivity contribution is 0.419. The summed E-state index contributed by atoms with van der Waals surface area (Å²) in [6.07, 6.45) is 4.00. The molecule has 0 aliphatic heterocycles. The van der Waals surface area contributed by atoms with Crippen molar-refractivity contribution in [3.63, 3.8) is 0 Å². The van der Waals surface area contributed by atoms with E-state index in [9.17, 15) is 0 Å². The maximum absolute atomic E-state index is 6.16. The molecule has 0 spiro atoms. The number of benzene rings is 2. The SMILES string of the molecule is CNC(c1cccc(C2CCC2)c1)c1ccc(Cl)c(Cl)c1. The predicted molar refractivity (Wildman–Crippen MR) is 90.4 cm³/mol. The number of hydrogen-bond donors (Lipinski definition) is 1. The maximum Gasteiger partial charge on any atom is 0.0595 e. The molecule has 1 N–H and O–H groups in total. The summed E-state index contributed by atoms with van der Waals surface area (Å²) in [5.74, 6) is 0.747. The molecule has 1 atom stereocenters. The second-order valence-corrected chi connectivity index (χ2v) is 6.51. The van der Waals surface area contributed by atoms with Crippen molar-refractivity contribution in [2.24, 2.45) is 0 Å². The van der Waals surface area contributed by atoms with Gasteiger partial charge in [0.25, 0.3) is 0 Å². The molecule has 3 rings (SSSR count). The molecule has 21 heavy (non-hydrogen) atoms. The summed E-state index contributed by atoms with van der Waals surface area (Å²) in [6, 6.07) is 14.9. The van der Waals surface area contributed by atoms with E-state index in [1.165, 1.54) is 30.4 Å². The summed E-state index contributed by atoms with van der Waals surface area (Å²) in [5.41, 5.74) is 3.87. The van der Waals surface area contributed by atoms with Crippen LogP contribution in [0.3, 0.4) is 0 Å². The third kappa shape index (κ3) is 3.11. The van der Waals surface area contributed by atoms with Gasteiger partial charge in [-0.15, -0.1) is 0 Å². The predicted octanol–water partition coefficient (Wildman–Crippen LogP) is 5.57. The van der Waals surface area contributed by atoms with Gasteiger partial charge in [-0.3, -0.25) is 0 Å². The van der Waals surface area contributed by atoms with Gasteiger partial charge in [-0.05, 0) is 54.6 Å². The highest BCUT2D eigenvalue weighted by atomic mass is 35.5. The molecule has 0 bridgehead atoms. The van der Waals surface area contributed by atoms with Crippen LogP contribution in [-0.4, -0.2) is 7.05 Å². The molecular formula is C18H19Cl2N. The first kappa shape index (κ1) is 14.9. The number of halogens is 2. The van der Waals surface area contributed by atoms with Gasteiger partial charge in [-0.1, -0.05) is 60.0 Å². The van der Waals surface area contributed by atoms with E-state index in [1.807, 2.05) is 25.2 Å². The van der Waals surface area contributed by atoms with E-state index in [0.29, 0.717) is 10.0 Å². The Labute approximate surface area is 136 Å². The van der Waals surface area contributed by atoms with Gasteiger partial charge in [-0.25, -0.2) is 0 Å². The van der Waals surface area contributed by atoms with Gasteiger partial charge in [0.1, 0.15) is 0 Å². The fourth-order valence-corrected chi connectivity index (χ4v) is 3.26. The molecule has 1 unspecified atom stereocenters. The van der Waals surface area contributed by atoms with Crippen LogP contribution in [0.25, 0.3) is 0 Å². The van der Waals surface area contributed by atoms with E-state index in [0.717, 1.165) is 11.5 Å². The zero-order valence-electron chi connectivity index (χ0n) is 12.1. The fourth-order valence-electron chi connectivity index (χ4n) is 2.95. The van der Waals surface area contributed by atoms with Crippen molar-refractivity contribution in [3.8, 4) is 0 Å². The number of nitrogens with one attached hydrogen (secondary N) is 1. The Balaban J connectivity index is 1.93.